The molecule has 0 bridgehead atoms. The molecule has 6 heteroatoms. The highest BCUT2D eigenvalue weighted by Crippen LogP contribution is 2.39. The molecule has 1 saturated carbocycles. The number of rotatable bonds is 4. The van der Waals surface area contributed by atoms with Crippen molar-refractivity contribution < 1.29 is 18.1 Å². The smallest absolute Gasteiger partial charge is 0.387 e. The Labute approximate surface area is 120 Å². The van der Waals surface area contributed by atoms with E-state index in [0.29, 0.717) is 16.7 Å². The van der Waals surface area contributed by atoms with E-state index in [1.54, 1.807) is 12.1 Å². The number of halogens is 2. The molecule has 3 unspecified atom stereocenters. The highest BCUT2D eigenvalue weighted by atomic mass is 32.2. The standard InChI is InChI=1S/C14H17F2NO2S/c15-14(16)19-12-4-6-13(7-5-12)20(18)17-8-10-2-1-3-11(10)9-17/h4-7,10-11,14H,1-3,8-9H2. The molecular formula is C14H17F2NO2S. The van der Waals surface area contributed by atoms with Crippen molar-refractivity contribution in [1.82, 2.24) is 4.31 Å². The first-order chi connectivity index (χ1) is 9.63. The van der Waals surface area contributed by atoms with Gasteiger partial charge in [0.15, 0.2) is 4.90 Å². The first-order valence-corrected chi connectivity index (χ1v) is 7.96. The Balaban J connectivity index is 1.63. The zero-order valence-electron chi connectivity index (χ0n) is 11.0. The fourth-order valence-corrected chi connectivity index (χ4v) is 4.53. The summed E-state index contributed by atoms with van der Waals surface area (Å²) in [4.78, 5) is 0.645. The van der Waals surface area contributed by atoms with Crippen LogP contribution in [0.1, 0.15) is 19.3 Å². The summed E-state index contributed by atoms with van der Waals surface area (Å²) in [5.74, 6) is 1.46. The quantitative estimate of drug-likeness (QED) is 0.802. The van der Waals surface area contributed by atoms with E-state index in [0.717, 1.165) is 13.1 Å². The summed E-state index contributed by atoms with van der Waals surface area (Å²) in [7, 11) is 0. The van der Waals surface area contributed by atoms with Crippen molar-refractivity contribution in [2.45, 2.75) is 30.8 Å². The van der Waals surface area contributed by atoms with Gasteiger partial charge in [-0.15, -0.1) is 4.31 Å². The highest BCUT2D eigenvalue weighted by molar-refractivity contribution is 7.89. The molecule has 2 aliphatic rings. The molecule has 1 heterocycles. The van der Waals surface area contributed by atoms with Gasteiger partial charge in [-0.2, -0.15) is 8.78 Å². The van der Waals surface area contributed by atoms with Crippen LogP contribution in [0.25, 0.3) is 0 Å². The Morgan fingerprint density at radius 3 is 2.30 bits per heavy atom. The van der Waals surface area contributed by atoms with Gasteiger partial charge in [0, 0.05) is 13.1 Å². The zero-order valence-corrected chi connectivity index (χ0v) is 11.8. The van der Waals surface area contributed by atoms with Gasteiger partial charge in [-0.3, -0.25) is 0 Å². The SMILES string of the molecule is [O-][S+](c1ccc(OC(F)F)cc1)N1CC2CCCC2C1. The molecule has 3 nitrogen and oxygen atoms in total. The van der Waals surface area contributed by atoms with Crippen molar-refractivity contribution in [3.63, 3.8) is 0 Å². The average molecular weight is 301 g/mol. The number of nitrogens with zero attached hydrogens (tertiary/aromatic N) is 1. The molecule has 0 aromatic heterocycles. The summed E-state index contributed by atoms with van der Waals surface area (Å²) in [5.41, 5.74) is 0. The number of fused-ring (bicyclic) bond motifs is 1. The molecule has 20 heavy (non-hydrogen) atoms. The van der Waals surface area contributed by atoms with Gasteiger partial charge >= 0.3 is 6.61 Å². The number of benzene rings is 1. The minimum atomic E-state index is -2.83. The van der Waals surface area contributed by atoms with Crippen molar-refractivity contribution in [3.05, 3.63) is 24.3 Å². The minimum Gasteiger partial charge on any atom is -0.593 e. The van der Waals surface area contributed by atoms with Gasteiger partial charge in [-0.05, 0) is 48.9 Å². The molecule has 0 spiro atoms. The number of hydrogen-bond acceptors (Lipinski definition) is 3. The van der Waals surface area contributed by atoms with Crippen LogP contribution in [0.3, 0.4) is 0 Å². The van der Waals surface area contributed by atoms with E-state index in [2.05, 4.69) is 4.74 Å². The molecular weight excluding hydrogens is 284 g/mol. The minimum absolute atomic E-state index is 0.0963. The fourth-order valence-electron chi connectivity index (χ4n) is 3.21. The summed E-state index contributed by atoms with van der Waals surface area (Å²) in [5, 5.41) is 0. The molecule has 2 fully saturated rings. The van der Waals surface area contributed by atoms with Gasteiger partial charge in [0.25, 0.3) is 0 Å². The third-order valence-electron chi connectivity index (χ3n) is 4.18. The van der Waals surface area contributed by atoms with E-state index in [4.69, 9.17) is 0 Å². The van der Waals surface area contributed by atoms with E-state index in [1.165, 1.54) is 31.4 Å². The van der Waals surface area contributed by atoms with Crippen LogP contribution in [-0.2, 0) is 11.4 Å². The molecule has 110 valence electrons. The van der Waals surface area contributed by atoms with E-state index < -0.39 is 18.0 Å². The monoisotopic (exact) mass is 301 g/mol. The van der Waals surface area contributed by atoms with Crippen molar-refractivity contribution >= 4 is 11.4 Å². The number of ether oxygens (including phenoxy) is 1. The lowest BCUT2D eigenvalue weighted by Gasteiger charge is -2.20. The molecule has 1 aromatic carbocycles. The third kappa shape index (κ3) is 2.92. The Kier molecular flexibility index (Phi) is 4.14. The summed E-state index contributed by atoms with van der Waals surface area (Å²) < 4.78 is 42.9. The lowest BCUT2D eigenvalue weighted by molar-refractivity contribution is -0.0498. The van der Waals surface area contributed by atoms with Crippen LogP contribution < -0.4 is 4.74 Å². The van der Waals surface area contributed by atoms with Crippen LogP contribution >= 0.6 is 0 Å². The van der Waals surface area contributed by atoms with E-state index in [1.807, 2.05) is 4.31 Å². The summed E-state index contributed by atoms with van der Waals surface area (Å²) >= 11 is -1.20. The predicted octanol–water partition coefficient (Wildman–Crippen LogP) is 3.04. The Hall–Kier alpha value is -0.850. The normalized spacial score (nSPS) is 27.8. The molecule has 3 atom stereocenters. The summed E-state index contributed by atoms with van der Waals surface area (Å²) in [6.07, 6.45) is 3.76. The van der Waals surface area contributed by atoms with Gasteiger partial charge in [-0.1, -0.05) is 6.42 Å². The van der Waals surface area contributed by atoms with Crippen molar-refractivity contribution in [2.24, 2.45) is 11.8 Å². The van der Waals surface area contributed by atoms with Crippen molar-refractivity contribution in [1.29, 1.82) is 0 Å². The number of alkyl halides is 2. The van der Waals surface area contributed by atoms with Crippen LogP contribution in [0.4, 0.5) is 8.78 Å². The van der Waals surface area contributed by atoms with Crippen LogP contribution in [-0.4, -0.2) is 28.6 Å². The number of hydrogen-bond donors (Lipinski definition) is 0. The summed E-state index contributed by atoms with van der Waals surface area (Å²) in [6.45, 7) is -1.07. The average Bonchev–Trinajstić information content (AvgIpc) is 2.98. The second-order valence-electron chi connectivity index (χ2n) is 5.40. The zero-order chi connectivity index (χ0) is 14.1. The summed E-state index contributed by atoms with van der Waals surface area (Å²) in [6, 6.07) is 6.08. The molecule has 1 aliphatic heterocycles. The maximum atomic E-state index is 12.5. The van der Waals surface area contributed by atoms with Gasteiger partial charge < -0.3 is 9.29 Å². The van der Waals surface area contributed by atoms with Gasteiger partial charge in [0.1, 0.15) is 5.75 Å². The van der Waals surface area contributed by atoms with Crippen LogP contribution in [0.2, 0.25) is 0 Å². The fraction of sp³-hybridized carbons (Fsp3) is 0.571. The van der Waals surface area contributed by atoms with Gasteiger partial charge in [-0.25, -0.2) is 0 Å². The Morgan fingerprint density at radius 2 is 1.75 bits per heavy atom. The molecule has 3 rings (SSSR count). The Bertz CT molecular complexity index is 445. The largest absolute Gasteiger partial charge is 0.593 e. The lowest BCUT2D eigenvalue weighted by Crippen LogP contribution is -2.29. The van der Waals surface area contributed by atoms with Crippen molar-refractivity contribution in [2.75, 3.05) is 13.1 Å². The highest BCUT2D eigenvalue weighted by Gasteiger charge is 2.41. The maximum absolute atomic E-state index is 12.5. The first-order valence-electron chi connectivity index (χ1n) is 6.85. The maximum Gasteiger partial charge on any atom is 0.387 e. The molecule has 0 N–H and O–H groups in total. The van der Waals surface area contributed by atoms with Gasteiger partial charge in [0.2, 0.25) is 0 Å². The van der Waals surface area contributed by atoms with E-state index >= 15 is 0 Å². The third-order valence-corrected chi connectivity index (χ3v) is 5.62. The topological polar surface area (TPSA) is 35.5 Å². The van der Waals surface area contributed by atoms with E-state index in [-0.39, 0.29) is 5.75 Å². The molecule has 1 aliphatic carbocycles. The molecule has 0 radical (unpaired) electrons. The van der Waals surface area contributed by atoms with Crippen molar-refractivity contribution in [3.8, 4) is 5.75 Å². The second kappa shape index (κ2) is 5.87. The molecule has 0 amide bonds. The molecule has 1 aromatic rings. The lowest BCUT2D eigenvalue weighted by atomic mass is 10.0. The Morgan fingerprint density at radius 1 is 1.15 bits per heavy atom. The van der Waals surface area contributed by atoms with Crippen LogP contribution in [0, 0.1) is 11.8 Å². The predicted molar refractivity (Wildman–Crippen MR) is 71.9 cm³/mol. The van der Waals surface area contributed by atoms with Crippen LogP contribution in [0.5, 0.6) is 5.75 Å². The van der Waals surface area contributed by atoms with E-state index in [9.17, 15) is 13.3 Å². The first kappa shape index (κ1) is 14.1. The second-order valence-corrected chi connectivity index (χ2v) is 6.88. The molecule has 1 saturated heterocycles. The van der Waals surface area contributed by atoms with Gasteiger partial charge in [0.05, 0.1) is 11.4 Å². The van der Waals surface area contributed by atoms with Crippen LogP contribution in [0.15, 0.2) is 29.2 Å².